The highest BCUT2D eigenvalue weighted by Gasteiger charge is 2.64. The number of carbonyl (C=O) groups is 1. The van der Waals surface area contributed by atoms with Crippen molar-refractivity contribution < 1.29 is 4.79 Å². The standard InChI is InChI=1S/C10H15NO/c1-5(12)10-8-3-7-6(8)4-9(7)11(10)2/h6-10H,3-4H2,1-2H3. The minimum absolute atomic E-state index is 0.277. The molecule has 4 rings (SSSR count). The van der Waals surface area contributed by atoms with Crippen LogP contribution in [-0.2, 0) is 4.79 Å². The zero-order valence-electron chi connectivity index (χ0n) is 7.66. The quantitative estimate of drug-likeness (QED) is 0.575. The van der Waals surface area contributed by atoms with Crippen LogP contribution in [0.4, 0.5) is 0 Å². The number of fused-ring (bicyclic) bond motifs is 1. The van der Waals surface area contributed by atoms with Crippen LogP contribution in [0.2, 0.25) is 0 Å². The van der Waals surface area contributed by atoms with Gasteiger partial charge in [-0.15, -0.1) is 0 Å². The van der Waals surface area contributed by atoms with E-state index in [0.29, 0.717) is 5.78 Å². The Bertz CT molecular complexity index is 248. The molecular weight excluding hydrogens is 150 g/mol. The monoisotopic (exact) mass is 165 g/mol. The van der Waals surface area contributed by atoms with E-state index in [4.69, 9.17) is 0 Å². The van der Waals surface area contributed by atoms with Crippen molar-refractivity contribution in [3.63, 3.8) is 0 Å². The Morgan fingerprint density at radius 1 is 1.25 bits per heavy atom. The topological polar surface area (TPSA) is 20.3 Å². The maximum absolute atomic E-state index is 11.4. The predicted octanol–water partition coefficient (Wildman–Crippen LogP) is 0.914. The lowest BCUT2D eigenvalue weighted by molar-refractivity contribution is -0.204. The molecule has 2 aliphatic carbocycles. The molecule has 2 heteroatoms. The minimum Gasteiger partial charge on any atom is -0.298 e. The van der Waals surface area contributed by atoms with Crippen molar-refractivity contribution >= 4 is 5.78 Å². The molecule has 5 unspecified atom stereocenters. The first-order valence-corrected chi connectivity index (χ1v) is 4.92. The zero-order chi connectivity index (χ0) is 8.46. The lowest BCUT2D eigenvalue weighted by atomic mass is 9.44. The van der Waals surface area contributed by atoms with Gasteiger partial charge in [0.2, 0.25) is 0 Å². The maximum Gasteiger partial charge on any atom is 0.147 e. The molecular formula is C10H15NO. The van der Waals surface area contributed by atoms with Crippen LogP contribution in [0, 0.1) is 17.8 Å². The van der Waals surface area contributed by atoms with Crippen LogP contribution in [0.1, 0.15) is 19.8 Å². The van der Waals surface area contributed by atoms with Crippen LogP contribution in [0.15, 0.2) is 0 Å². The molecule has 2 aliphatic heterocycles. The van der Waals surface area contributed by atoms with E-state index >= 15 is 0 Å². The molecule has 4 fully saturated rings. The molecule has 0 radical (unpaired) electrons. The number of piperidine rings is 3. The summed E-state index contributed by atoms with van der Waals surface area (Å²) in [6.07, 6.45) is 2.71. The molecule has 0 aromatic rings. The third-order valence-corrected chi connectivity index (χ3v) is 4.44. The molecule has 4 bridgehead atoms. The minimum atomic E-state index is 0.277. The van der Waals surface area contributed by atoms with Crippen LogP contribution < -0.4 is 0 Å². The first-order chi connectivity index (χ1) is 5.70. The summed E-state index contributed by atoms with van der Waals surface area (Å²) in [7, 11) is 2.13. The highest BCUT2D eigenvalue weighted by Crippen LogP contribution is 2.62. The van der Waals surface area contributed by atoms with Crippen LogP contribution in [0.3, 0.4) is 0 Å². The number of Topliss-reactive ketones (excluding diaryl/α,β-unsaturated/α-hetero) is 1. The Kier molecular flexibility index (Phi) is 1.13. The fourth-order valence-corrected chi connectivity index (χ4v) is 3.76. The van der Waals surface area contributed by atoms with Gasteiger partial charge in [0, 0.05) is 6.04 Å². The van der Waals surface area contributed by atoms with E-state index in [1.54, 1.807) is 6.92 Å². The van der Waals surface area contributed by atoms with E-state index in [-0.39, 0.29) is 6.04 Å². The number of carbonyl (C=O) groups excluding carboxylic acids is 1. The predicted molar refractivity (Wildman–Crippen MR) is 45.7 cm³/mol. The number of hydrogen-bond donors (Lipinski definition) is 0. The Morgan fingerprint density at radius 3 is 2.33 bits per heavy atom. The van der Waals surface area contributed by atoms with Crippen LogP contribution in [-0.4, -0.2) is 29.8 Å². The number of nitrogens with zero attached hydrogens (tertiary/aromatic N) is 1. The van der Waals surface area contributed by atoms with Crippen molar-refractivity contribution in [1.29, 1.82) is 0 Å². The van der Waals surface area contributed by atoms with Crippen molar-refractivity contribution in [2.45, 2.75) is 31.8 Å². The van der Waals surface area contributed by atoms with E-state index in [9.17, 15) is 4.79 Å². The smallest absolute Gasteiger partial charge is 0.147 e. The van der Waals surface area contributed by atoms with Crippen LogP contribution >= 0.6 is 0 Å². The molecule has 4 aliphatic rings. The Balaban J connectivity index is 1.90. The Hall–Kier alpha value is -0.370. The fourth-order valence-electron chi connectivity index (χ4n) is 3.76. The summed E-state index contributed by atoms with van der Waals surface area (Å²) in [5, 5.41) is 0. The molecule has 2 nitrogen and oxygen atoms in total. The molecule has 0 spiro atoms. The van der Waals surface area contributed by atoms with E-state index < -0.39 is 0 Å². The van der Waals surface area contributed by atoms with Crippen molar-refractivity contribution in [1.82, 2.24) is 4.90 Å². The van der Waals surface area contributed by atoms with Gasteiger partial charge in [-0.05, 0) is 44.6 Å². The summed E-state index contributed by atoms with van der Waals surface area (Å²) in [6.45, 7) is 1.75. The third-order valence-electron chi connectivity index (χ3n) is 4.44. The lowest BCUT2D eigenvalue weighted by Crippen LogP contribution is -2.74. The maximum atomic E-state index is 11.4. The van der Waals surface area contributed by atoms with E-state index in [1.807, 2.05) is 0 Å². The number of rotatable bonds is 1. The Labute approximate surface area is 72.9 Å². The average molecular weight is 165 g/mol. The van der Waals surface area contributed by atoms with Gasteiger partial charge in [-0.25, -0.2) is 0 Å². The second kappa shape index (κ2) is 1.92. The van der Waals surface area contributed by atoms with E-state index in [1.165, 1.54) is 12.8 Å². The number of likely N-dealkylation sites (N-methyl/N-ethyl adjacent to an activating group) is 1. The molecule has 5 atom stereocenters. The van der Waals surface area contributed by atoms with Gasteiger partial charge in [0.05, 0.1) is 6.04 Å². The number of ketones is 1. The van der Waals surface area contributed by atoms with Crippen molar-refractivity contribution in [2.75, 3.05) is 7.05 Å². The van der Waals surface area contributed by atoms with Gasteiger partial charge in [0.1, 0.15) is 5.78 Å². The first-order valence-electron chi connectivity index (χ1n) is 4.92. The SMILES string of the molecule is CC(=O)C1C2CC3C2CC3N1C. The molecule has 0 N–H and O–H groups in total. The van der Waals surface area contributed by atoms with Crippen molar-refractivity contribution in [2.24, 2.45) is 17.8 Å². The van der Waals surface area contributed by atoms with Gasteiger partial charge in [-0.3, -0.25) is 9.69 Å². The summed E-state index contributed by atoms with van der Waals surface area (Å²) in [4.78, 5) is 13.7. The molecule has 0 aromatic carbocycles. The van der Waals surface area contributed by atoms with Gasteiger partial charge in [0.15, 0.2) is 0 Å². The summed E-state index contributed by atoms with van der Waals surface area (Å²) < 4.78 is 0. The second-order valence-electron chi connectivity index (χ2n) is 4.75. The Morgan fingerprint density at radius 2 is 2.00 bits per heavy atom. The summed E-state index contributed by atoms with van der Waals surface area (Å²) in [6, 6.07) is 1.03. The summed E-state index contributed by atoms with van der Waals surface area (Å²) in [5.74, 6) is 3.01. The van der Waals surface area contributed by atoms with Crippen LogP contribution in [0.5, 0.6) is 0 Å². The molecule has 2 saturated heterocycles. The largest absolute Gasteiger partial charge is 0.298 e. The van der Waals surface area contributed by atoms with E-state index in [2.05, 4.69) is 11.9 Å². The summed E-state index contributed by atoms with van der Waals surface area (Å²) >= 11 is 0. The third kappa shape index (κ3) is 0.565. The normalized spacial score (nSPS) is 55.7. The van der Waals surface area contributed by atoms with E-state index in [0.717, 1.165) is 23.8 Å². The van der Waals surface area contributed by atoms with Crippen molar-refractivity contribution in [3.05, 3.63) is 0 Å². The molecule has 2 heterocycles. The van der Waals surface area contributed by atoms with Crippen LogP contribution in [0.25, 0.3) is 0 Å². The lowest BCUT2D eigenvalue weighted by Gasteiger charge is -2.69. The highest BCUT2D eigenvalue weighted by molar-refractivity contribution is 5.82. The van der Waals surface area contributed by atoms with Gasteiger partial charge in [-0.1, -0.05) is 0 Å². The molecule has 2 saturated carbocycles. The second-order valence-corrected chi connectivity index (χ2v) is 4.75. The number of hydrogen-bond acceptors (Lipinski definition) is 2. The van der Waals surface area contributed by atoms with Crippen molar-refractivity contribution in [3.8, 4) is 0 Å². The zero-order valence-corrected chi connectivity index (χ0v) is 7.66. The average Bonchev–Trinajstić information content (AvgIpc) is 1.98. The highest BCUT2D eigenvalue weighted by atomic mass is 16.1. The summed E-state index contributed by atoms with van der Waals surface area (Å²) in [5.41, 5.74) is 0. The van der Waals surface area contributed by atoms with Gasteiger partial charge >= 0.3 is 0 Å². The fraction of sp³-hybridized carbons (Fsp3) is 0.900. The van der Waals surface area contributed by atoms with Gasteiger partial charge in [-0.2, -0.15) is 0 Å². The van der Waals surface area contributed by atoms with Gasteiger partial charge in [0.25, 0.3) is 0 Å². The van der Waals surface area contributed by atoms with Gasteiger partial charge < -0.3 is 0 Å². The molecule has 12 heavy (non-hydrogen) atoms. The molecule has 0 amide bonds. The molecule has 66 valence electrons. The molecule has 0 aromatic heterocycles. The first kappa shape index (κ1) is 7.07.